The van der Waals surface area contributed by atoms with Crippen LogP contribution >= 0.6 is 0 Å². The first-order valence-electron chi connectivity index (χ1n) is 8.50. The van der Waals surface area contributed by atoms with Crippen molar-refractivity contribution in [3.8, 4) is 0 Å². The van der Waals surface area contributed by atoms with Gasteiger partial charge in [0.15, 0.2) is 0 Å². The van der Waals surface area contributed by atoms with Gasteiger partial charge in [0, 0.05) is 6.54 Å². The van der Waals surface area contributed by atoms with Gasteiger partial charge in [0.05, 0.1) is 0 Å². The van der Waals surface area contributed by atoms with Gasteiger partial charge in [-0.25, -0.2) is 9.59 Å². The largest absolute Gasteiger partial charge is 0.459 e. The number of likely N-dealkylation sites (tertiary alicyclic amines) is 1. The van der Waals surface area contributed by atoms with Crippen LogP contribution in [0.15, 0.2) is 30.3 Å². The van der Waals surface area contributed by atoms with Crippen LogP contribution < -0.4 is 0 Å². The molecular formula is C19H27NO4. The van der Waals surface area contributed by atoms with Crippen LogP contribution in [-0.4, -0.2) is 35.2 Å². The fourth-order valence-electron chi connectivity index (χ4n) is 2.79. The Bertz CT molecular complexity index is 564. The molecule has 0 bridgehead atoms. The molecule has 1 amide bonds. The number of benzene rings is 1. The second kappa shape index (κ2) is 7.69. The second-order valence-electron chi connectivity index (χ2n) is 7.25. The Morgan fingerprint density at radius 3 is 2.46 bits per heavy atom. The van der Waals surface area contributed by atoms with Gasteiger partial charge in [-0.05, 0) is 38.7 Å². The van der Waals surface area contributed by atoms with E-state index in [9.17, 15) is 9.59 Å². The fraction of sp³-hybridized carbons (Fsp3) is 0.579. The first-order chi connectivity index (χ1) is 11.3. The Kier molecular flexibility index (Phi) is 5.86. The molecule has 1 aliphatic rings. The Hall–Kier alpha value is -2.04. The maximum absolute atomic E-state index is 12.5. The quantitative estimate of drug-likeness (QED) is 0.787. The lowest BCUT2D eigenvalue weighted by Crippen LogP contribution is -2.44. The number of carbonyl (C=O) groups excluding carboxylic acids is 2. The van der Waals surface area contributed by atoms with Crippen molar-refractivity contribution in [1.82, 2.24) is 4.90 Å². The molecule has 0 aliphatic carbocycles. The highest BCUT2D eigenvalue weighted by Gasteiger charge is 2.41. The van der Waals surface area contributed by atoms with Gasteiger partial charge in [-0.1, -0.05) is 43.7 Å². The third-order valence-corrected chi connectivity index (χ3v) is 4.09. The molecule has 1 aromatic carbocycles. The lowest BCUT2D eigenvalue weighted by atomic mass is 10.0. The standard InChI is InChI=1S/C19H27NO4/c1-5-14-11-16(20(12-14)18(22)24-19(2,3)4)17(21)23-13-15-9-7-6-8-10-15/h6-10,14,16H,5,11-13H2,1-4H3/t14-,16-/m0/s1. The molecule has 2 atom stereocenters. The van der Waals surface area contributed by atoms with Gasteiger partial charge in [-0.2, -0.15) is 0 Å². The monoisotopic (exact) mass is 333 g/mol. The molecule has 132 valence electrons. The molecule has 1 aromatic rings. The van der Waals surface area contributed by atoms with Gasteiger partial charge < -0.3 is 9.47 Å². The number of hydrogen-bond donors (Lipinski definition) is 0. The van der Waals surface area contributed by atoms with Crippen LogP contribution in [-0.2, 0) is 20.9 Å². The van der Waals surface area contributed by atoms with E-state index in [4.69, 9.17) is 9.47 Å². The minimum atomic E-state index is -0.583. The van der Waals surface area contributed by atoms with Crippen LogP contribution in [0.2, 0.25) is 0 Å². The van der Waals surface area contributed by atoms with Gasteiger partial charge in [-0.3, -0.25) is 4.90 Å². The summed E-state index contributed by atoms with van der Waals surface area (Å²) in [4.78, 5) is 26.4. The van der Waals surface area contributed by atoms with E-state index in [0.29, 0.717) is 18.9 Å². The molecule has 1 heterocycles. The zero-order chi connectivity index (χ0) is 17.7. The number of rotatable bonds is 4. The third-order valence-electron chi connectivity index (χ3n) is 4.09. The number of ether oxygens (including phenoxy) is 2. The van der Waals surface area contributed by atoms with Crippen molar-refractivity contribution in [2.45, 2.75) is 58.8 Å². The van der Waals surface area contributed by atoms with Crippen LogP contribution in [0.5, 0.6) is 0 Å². The lowest BCUT2D eigenvalue weighted by Gasteiger charge is -2.27. The zero-order valence-electron chi connectivity index (χ0n) is 15.0. The maximum atomic E-state index is 12.5. The van der Waals surface area contributed by atoms with Crippen LogP contribution in [0.4, 0.5) is 4.79 Å². The first-order valence-corrected chi connectivity index (χ1v) is 8.50. The number of amides is 1. The highest BCUT2D eigenvalue weighted by Crippen LogP contribution is 2.28. The van der Waals surface area contributed by atoms with E-state index in [1.54, 1.807) is 0 Å². The molecule has 0 N–H and O–H groups in total. The van der Waals surface area contributed by atoms with Crippen molar-refractivity contribution in [2.75, 3.05) is 6.54 Å². The molecule has 5 heteroatoms. The summed E-state index contributed by atoms with van der Waals surface area (Å²) < 4.78 is 10.9. The number of hydrogen-bond acceptors (Lipinski definition) is 4. The molecular weight excluding hydrogens is 306 g/mol. The Morgan fingerprint density at radius 1 is 1.21 bits per heavy atom. The first kappa shape index (κ1) is 18.3. The molecule has 2 rings (SSSR count). The summed E-state index contributed by atoms with van der Waals surface area (Å²) >= 11 is 0. The summed E-state index contributed by atoms with van der Waals surface area (Å²) in [5.41, 5.74) is 0.347. The Balaban J connectivity index is 2.01. The van der Waals surface area contributed by atoms with Crippen molar-refractivity contribution in [3.63, 3.8) is 0 Å². The summed E-state index contributed by atoms with van der Waals surface area (Å²) in [6.45, 7) is 8.28. The van der Waals surface area contributed by atoms with Gasteiger partial charge in [-0.15, -0.1) is 0 Å². The summed E-state index contributed by atoms with van der Waals surface area (Å²) in [6.07, 6.45) is 1.10. The van der Waals surface area contributed by atoms with E-state index in [0.717, 1.165) is 12.0 Å². The van der Waals surface area contributed by atoms with Crippen molar-refractivity contribution in [3.05, 3.63) is 35.9 Å². The zero-order valence-corrected chi connectivity index (χ0v) is 15.0. The van der Waals surface area contributed by atoms with E-state index in [-0.39, 0.29) is 12.6 Å². The van der Waals surface area contributed by atoms with Crippen molar-refractivity contribution in [1.29, 1.82) is 0 Å². The number of esters is 1. The SMILES string of the molecule is CC[C@H]1C[C@@H](C(=O)OCc2ccccc2)N(C(=O)OC(C)(C)C)C1. The summed E-state index contributed by atoms with van der Waals surface area (Å²) in [5, 5.41) is 0. The highest BCUT2D eigenvalue weighted by atomic mass is 16.6. The van der Waals surface area contributed by atoms with Crippen LogP contribution in [0.3, 0.4) is 0 Å². The lowest BCUT2D eigenvalue weighted by molar-refractivity contribution is -0.150. The van der Waals surface area contributed by atoms with E-state index >= 15 is 0 Å². The third kappa shape index (κ3) is 4.98. The van der Waals surface area contributed by atoms with Crippen LogP contribution in [0, 0.1) is 5.92 Å². The highest BCUT2D eigenvalue weighted by molar-refractivity contribution is 5.82. The summed E-state index contributed by atoms with van der Waals surface area (Å²) in [5.74, 6) is -0.0625. The molecule has 0 aromatic heterocycles. The fourth-order valence-corrected chi connectivity index (χ4v) is 2.79. The molecule has 1 saturated heterocycles. The van der Waals surface area contributed by atoms with Crippen molar-refractivity contribution < 1.29 is 19.1 Å². The molecule has 0 radical (unpaired) electrons. The van der Waals surface area contributed by atoms with Gasteiger partial charge in [0.1, 0.15) is 18.2 Å². The van der Waals surface area contributed by atoms with E-state index < -0.39 is 17.7 Å². The molecule has 0 unspecified atom stereocenters. The second-order valence-corrected chi connectivity index (χ2v) is 7.25. The molecule has 1 aliphatic heterocycles. The normalized spacial score (nSPS) is 20.8. The smallest absolute Gasteiger partial charge is 0.411 e. The Labute approximate surface area is 143 Å². The molecule has 0 saturated carbocycles. The topological polar surface area (TPSA) is 55.8 Å². The average molecular weight is 333 g/mol. The summed E-state index contributed by atoms with van der Waals surface area (Å²) in [6, 6.07) is 8.97. The van der Waals surface area contributed by atoms with Gasteiger partial charge in [0.25, 0.3) is 0 Å². The average Bonchev–Trinajstić information content (AvgIpc) is 2.96. The van der Waals surface area contributed by atoms with E-state index in [2.05, 4.69) is 6.92 Å². The maximum Gasteiger partial charge on any atom is 0.411 e. The van der Waals surface area contributed by atoms with Gasteiger partial charge >= 0.3 is 12.1 Å². The minimum absolute atomic E-state index is 0.217. The van der Waals surface area contributed by atoms with Crippen LogP contribution in [0.25, 0.3) is 0 Å². The number of nitrogens with zero attached hydrogens (tertiary/aromatic N) is 1. The van der Waals surface area contributed by atoms with E-state index in [1.165, 1.54) is 4.90 Å². The number of carbonyl (C=O) groups is 2. The van der Waals surface area contributed by atoms with Crippen molar-refractivity contribution >= 4 is 12.1 Å². The van der Waals surface area contributed by atoms with Crippen LogP contribution in [0.1, 0.15) is 46.1 Å². The van der Waals surface area contributed by atoms with E-state index in [1.807, 2.05) is 51.1 Å². The Morgan fingerprint density at radius 2 is 1.88 bits per heavy atom. The molecule has 24 heavy (non-hydrogen) atoms. The summed E-state index contributed by atoms with van der Waals surface area (Å²) in [7, 11) is 0. The van der Waals surface area contributed by atoms with Crippen molar-refractivity contribution in [2.24, 2.45) is 5.92 Å². The molecule has 0 spiro atoms. The predicted molar refractivity (Wildman–Crippen MR) is 91.4 cm³/mol. The molecule has 5 nitrogen and oxygen atoms in total. The minimum Gasteiger partial charge on any atom is -0.459 e. The van der Waals surface area contributed by atoms with Gasteiger partial charge in [0.2, 0.25) is 0 Å². The predicted octanol–water partition coefficient (Wildman–Crippen LogP) is 3.77. The molecule has 1 fully saturated rings.